The van der Waals surface area contributed by atoms with Crippen LogP contribution in [0.2, 0.25) is 5.02 Å². The summed E-state index contributed by atoms with van der Waals surface area (Å²) in [4.78, 5) is 15.5. The Hall–Kier alpha value is -2.61. The fourth-order valence-corrected chi connectivity index (χ4v) is 5.78. The van der Waals surface area contributed by atoms with Crippen LogP contribution in [0, 0.1) is 12.3 Å². The van der Waals surface area contributed by atoms with E-state index in [4.69, 9.17) is 32.0 Å². The lowest BCUT2D eigenvalue weighted by molar-refractivity contribution is 0.0973. The molecule has 2 saturated heterocycles. The number of hydrogen-bond donors (Lipinski definition) is 2. The number of rotatable bonds is 2. The average Bonchev–Trinajstić information content (AvgIpc) is 3.50. The molecule has 1 aromatic carbocycles. The Morgan fingerprint density at radius 2 is 2.09 bits per heavy atom. The molecule has 3 N–H and O–H groups in total. The lowest BCUT2D eigenvalue weighted by Crippen LogP contribution is -2.51. The van der Waals surface area contributed by atoms with E-state index in [1.807, 2.05) is 30.7 Å². The van der Waals surface area contributed by atoms with Crippen molar-refractivity contribution in [2.24, 2.45) is 11.1 Å². The third-order valence-corrected chi connectivity index (χ3v) is 7.84. The molecule has 2 aliphatic heterocycles. The molecular formula is C24H27ClN6O. The molecule has 4 aromatic rings. The monoisotopic (exact) mass is 450 g/mol. The normalized spacial score (nSPS) is 23.1. The molecule has 0 unspecified atom stereocenters. The van der Waals surface area contributed by atoms with E-state index in [-0.39, 0.29) is 17.6 Å². The molecule has 1 spiro atoms. The van der Waals surface area contributed by atoms with Crippen molar-refractivity contribution >= 4 is 34.1 Å². The maximum absolute atomic E-state index is 6.51. The van der Waals surface area contributed by atoms with Gasteiger partial charge in [0.1, 0.15) is 5.65 Å². The highest BCUT2D eigenvalue weighted by molar-refractivity contribution is 6.36. The number of halogens is 1. The molecule has 3 aromatic heterocycles. The van der Waals surface area contributed by atoms with Gasteiger partial charge in [-0.2, -0.15) is 0 Å². The molecule has 0 radical (unpaired) electrons. The number of aromatic amines is 1. The van der Waals surface area contributed by atoms with Gasteiger partial charge in [0.05, 0.1) is 28.9 Å². The highest BCUT2D eigenvalue weighted by Gasteiger charge is 2.47. The molecule has 0 saturated carbocycles. The number of aryl methyl sites for hydroxylation is 1. The van der Waals surface area contributed by atoms with Gasteiger partial charge in [-0.1, -0.05) is 29.8 Å². The first-order valence-electron chi connectivity index (χ1n) is 11.2. The second-order valence-electron chi connectivity index (χ2n) is 9.25. The number of anilines is 1. The third-order valence-electron chi connectivity index (χ3n) is 7.53. The number of nitrogens with one attached hydrogen (secondary N) is 1. The van der Waals surface area contributed by atoms with Crippen molar-refractivity contribution in [3.05, 3.63) is 47.5 Å². The van der Waals surface area contributed by atoms with Gasteiger partial charge in [0, 0.05) is 59.7 Å². The number of aromatic nitrogens is 4. The van der Waals surface area contributed by atoms with Crippen molar-refractivity contribution in [2.45, 2.75) is 38.8 Å². The number of imidazole rings is 1. The summed E-state index contributed by atoms with van der Waals surface area (Å²) in [7, 11) is 0. The van der Waals surface area contributed by atoms with Crippen molar-refractivity contribution in [3.8, 4) is 11.1 Å². The van der Waals surface area contributed by atoms with Crippen LogP contribution in [0.15, 0.2) is 36.8 Å². The summed E-state index contributed by atoms with van der Waals surface area (Å²) >= 11 is 6.37. The summed E-state index contributed by atoms with van der Waals surface area (Å²) in [5.41, 5.74) is 11.5. The van der Waals surface area contributed by atoms with Gasteiger partial charge in [-0.3, -0.25) is 4.40 Å². The SMILES string of the molecule is Cc1nc(N2CCC3(CC2)CO[C@@H](C)[C@H]3N)n2ccnc2c1-c1cccc2c(Cl)c[nH]c12. The van der Waals surface area contributed by atoms with Crippen molar-refractivity contribution in [2.75, 3.05) is 24.6 Å². The van der Waals surface area contributed by atoms with Crippen LogP contribution in [-0.2, 0) is 4.74 Å². The molecule has 8 heteroatoms. The van der Waals surface area contributed by atoms with Gasteiger partial charge in [-0.25, -0.2) is 9.97 Å². The number of nitrogens with zero attached hydrogens (tertiary/aromatic N) is 4. The van der Waals surface area contributed by atoms with Crippen molar-refractivity contribution in [1.82, 2.24) is 19.4 Å². The predicted octanol–water partition coefficient (Wildman–Crippen LogP) is 4.17. The van der Waals surface area contributed by atoms with Crippen LogP contribution in [0.1, 0.15) is 25.5 Å². The van der Waals surface area contributed by atoms with Crippen LogP contribution in [0.4, 0.5) is 5.95 Å². The van der Waals surface area contributed by atoms with Gasteiger partial charge in [-0.15, -0.1) is 0 Å². The van der Waals surface area contributed by atoms with E-state index < -0.39 is 0 Å². The maximum Gasteiger partial charge on any atom is 0.211 e. The number of fused-ring (bicyclic) bond motifs is 2. The Balaban J connectivity index is 1.41. The van der Waals surface area contributed by atoms with E-state index in [2.05, 4.69) is 34.2 Å². The summed E-state index contributed by atoms with van der Waals surface area (Å²) in [6.07, 6.45) is 7.83. The Bertz CT molecular complexity index is 1320. The fraction of sp³-hybridized carbons (Fsp3) is 0.417. The summed E-state index contributed by atoms with van der Waals surface area (Å²) in [5.74, 6) is 0.936. The Morgan fingerprint density at radius 3 is 2.84 bits per heavy atom. The molecule has 2 atom stereocenters. The second-order valence-corrected chi connectivity index (χ2v) is 9.66. The van der Waals surface area contributed by atoms with E-state index >= 15 is 0 Å². The van der Waals surface area contributed by atoms with Gasteiger partial charge in [0.2, 0.25) is 5.95 Å². The number of ether oxygens (including phenoxy) is 1. The zero-order valence-electron chi connectivity index (χ0n) is 18.3. The van der Waals surface area contributed by atoms with Gasteiger partial charge >= 0.3 is 0 Å². The molecule has 2 aliphatic rings. The fourth-order valence-electron chi connectivity index (χ4n) is 5.56. The van der Waals surface area contributed by atoms with Gasteiger partial charge in [-0.05, 0) is 26.7 Å². The molecule has 166 valence electrons. The topological polar surface area (TPSA) is 84.5 Å². The molecule has 5 heterocycles. The Morgan fingerprint density at radius 1 is 1.28 bits per heavy atom. The van der Waals surface area contributed by atoms with E-state index in [0.717, 1.165) is 71.9 Å². The second kappa shape index (κ2) is 7.20. The first-order chi connectivity index (χ1) is 15.5. The van der Waals surface area contributed by atoms with E-state index in [1.54, 1.807) is 0 Å². The largest absolute Gasteiger partial charge is 0.376 e. The first kappa shape index (κ1) is 20.0. The molecule has 7 nitrogen and oxygen atoms in total. The molecular weight excluding hydrogens is 424 g/mol. The zero-order valence-corrected chi connectivity index (χ0v) is 19.1. The number of piperidine rings is 1. The van der Waals surface area contributed by atoms with Gasteiger partial charge in [0.25, 0.3) is 0 Å². The van der Waals surface area contributed by atoms with Crippen LogP contribution < -0.4 is 10.6 Å². The number of H-pyrrole nitrogens is 1. The maximum atomic E-state index is 6.51. The van der Waals surface area contributed by atoms with Gasteiger partial charge < -0.3 is 20.4 Å². The van der Waals surface area contributed by atoms with Crippen LogP contribution in [0.25, 0.3) is 27.7 Å². The molecule has 6 rings (SSSR count). The Labute approximate surface area is 191 Å². The average molecular weight is 451 g/mol. The van der Waals surface area contributed by atoms with Crippen molar-refractivity contribution in [1.29, 1.82) is 0 Å². The highest BCUT2D eigenvalue weighted by Crippen LogP contribution is 2.42. The number of nitrogens with two attached hydrogens (primary N) is 1. The van der Waals surface area contributed by atoms with Crippen molar-refractivity contribution < 1.29 is 4.74 Å². The van der Waals surface area contributed by atoms with Crippen LogP contribution in [0.3, 0.4) is 0 Å². The standard InChI is InChI=1S/C24H27ClN6O/c1-14-19(17-5-3-4-16-18(25)12-28-20(16)17)22-27-8-11-31(22)23(29-14)30-9-6-24(7-10-30)13-32-15(2)21(24)26/h3-5,8,11-12,15,21,28H,6-7,9-10,13,26H2,1-2H3/t15-,21+/m0/s1. The van der Waals surface area contributed by atoms with Crippen molar-refractivity contribution in [3.63, 3.8) is 0 Å². The van der Waals surface area contributed by atoms with Crippen LogP contribution in [-0.4, -0.2) is 51.2 Å². The van der Waals surface area contributed by atoms with E-state index in [9.17, 15) is 0 Å². The molecule has 0 amide bonds. The van der Waals surface area contributed by atoms with E-state index in [1.165, 1.54) is 0 Å². The zero-order chi connectivity index (χ0) is 22.0. The van der Waals surface area contributed by atoms with Gasteiger partial charge in [0.15, 0.2) is 0 Å². The summed E-state index contributed by atoms with van der Waals surface area (Å²) < 4.78 is 8.00. The number of benzene rings is 1. The molecule has 32 heavy (non-hydrogen) atoms. The van der Waals surface area contributed by atoms with Crippen LogP contribution >= 0.6 is 11.6 Å². The predicted molar refractivity (Wildman–Crippen MR) is 127 cm³/mol. The molecule has 2 fully saturated rings. The number of para-hydroxylation sites is 1. The highest BCUT2D eigenvalue weighted by atomic mass is 35.5. The Kier molecular flexibility index (Phi) is 4.51. The molecule has 0 bridgehead atoms. The first-order valence-corrected chi connectivity index (χ1v) is 11.6. The summed E-state index contributed by atoms with van der Waals surface area (Å²) in [5, 5.41) is 1.72. The minimum atomic E-state index is 0.0848. The van der Waals surface area contributed by atoms with Crippen LogP contribution in [0.5, 0.6) is 0 Å². The minimum Gasteiger partial charge on any atom is -0.376 e. The quantitative estimate of drug-likeness (QED) is 0.478. The molecule has 0 aliphatic carbocycles. The lowest BCUT2D eigenvalue weighted by Gasteiger charge is -2.41. The smallest absolute Gasteiger partial charge is 0.211 e. The van der Waals surface area contributed by atoms with E-state index in [0.29, 0.717) is 5.02 Å². The number of hydrogen-bond acceptors (Lipinski definition) is 5. The minimum absolute atomic E-state index is 0.0848. The lowest BCUT2D eigenvalue weighted by atomic mass is 9.73. The summed E-state index contributed by atoms with van der Waals surface area (Å²) in [6, 6.07) is 6.26. The third kappa shape index (κ3) is 2.81. The summed E-state index contributed by atoms with van der Waals surface area (Å²) in [6.45, 7) is 6.72.